The van der Waals surface area contributed by atoms with Crippen LogP contribution in [0.15, 0.2) is 73.2 Å². The molecule has 0 bridgehead atoms. The molecule has 2 aliphatic rings. The van der Waals surface area contributed by atoms with Gasteiger partial charge in [-0.05, 0) is 61.7 Å². The van der Waals surface area contributed by atoms with E-state index in [0.29, 0.717) is 36.7 Å². The number of piperazine rings is 1. The predicted octanol–water partition coefficient (Wildman–Crippen LogP) is 3.92. The lowest BCUT2D eigenvalue weighted by Crippen LogP contribution is -2.48. The van der Waals surface area contributed by atoms with Crippen LogP contribution in [0.5, 0.6) is 0 Å². The molecule has 36 heavy (non-hydrogen) atoms. The molecule has 5 rings (SSSR count). The van der Waals surface area contributed by atoms with E-state index < -0.39 is 0 Å². The van der Waals surface area contributed by atoms with Crippen LogP contribution in [0.2, 0.25) is 0 Å². The van der Waals surface area contributed by atoms with Gasteiger partial charge in [0.05, 0.1) is 5.56 Å². The van der Waals surface area contributed by atoms with E-state index in [2.05, 4.69) is 44.0 Å². The molecule has 7 nitrogen and oxygen atoms in total. The Morgan fingerprint density at radius 1 is 0.833 bits per heavy atom. The van der Waals surface area contributed by atoms with E-state index in [-0.39, 0.29) is 11.7 Å². The van der Waals surface area contributed by atoms with E-state index in [1.165, 1.54) is 5.56 Å². The third-order valence-electron chi connectivity index (χ3n) is 7.32. The summed E-state index contributed by atoms with van der Waals surface area (Å²) in [5.74, 6) is 0.437. The Hall–Kier alpha value is -3.58. The standard InChI is InChI=1S/C29H33N5O2/c35-28(20-23-10-14-32(15-11-23)22-24-4-2-1-3-5-24)27-7-6-25(21-31-27)29(36)34-18-16-33(17-19-34)26-8-12-30-13-9-26/h1-9,12-13,21,23H,10-11,14-20,22H2. The van der Waals surface area contributed by atoms with Crippen molar-refractivity contribution < 1.29 is 9.59 Å². The molecule has 0 saturated carbocycles. The van der Waals surface area contributed by atoms with E-state index in [1.54, 1.807) is 30.7 Å². The second-order valence-electron chi connectivity index (χ2n) is 9.75. The molecule has 2 fully saturated rings. The van der Waals surface area contributed by atoms with Crippen molar-refractivity contribution >= 4 is 17.4 Å². The average molecular weight is 484 g/mol. The number of aromatic nitrogens is 2. The van der Waals surface area contributed by atoms with Crippen molar-refractivity contribution in [2.75, 3.05) is 44.2 Å². The Morgan fingerprint density at radius 2 is 1.56 bits per heavy atom. The molecule has 0 atom stereocenters. The van der Waals surface area contributed by atoms with Crippen LogP contribution in [0, 0.1) is 5.92 Å². The highest BCUT2D eigenvalue weighted by Gasteiger charge is 2.25. The monoisotopic (exact) mass is 483 g/mol. The topological polar surface area (TPSA) is 69.6 Å². The van der Waals surface area contributed by atoms with Gasteiger partial charge in [-0.3, -0.25) is 24.5 Å². The number of amides is 1. The van der Waals surface area contributed by atoms with Crippen molar-refractivity contribution in [3.8, 4) is 0 Å². The maximum Gasteiger partial charge on any atom is 0.255 e. The van der Waals surface area contributed by atoms with Crippen molar-refractivity contribution in [1.82, 2.24) is 19.8 Å². The first kappa shape index (κ1) is 24.1. The molecule has 1 aromatic carbocycles. The second-order valence-corrected chi connectivity index (χ2v) is 9.75. The summed E-state index contributed by atoms with van der Waals surface area (Å²) in [4.78, 5) is 40.9. The lowest BCUT2D eigenvalue weighted by molar-refractivity contribution is 0.0745. The lowest BCUT2D eigenvalue weighted by Gasteiger charge is -2.36. The summed E-state index contributed by atoms with van der Waals surface area (Å²) >= 11 is 0. The molecule has 0 N–H and O–H groups in total. The van der Waals surface area contributed by atoms with Crippen LogP contribution in [0.1, 0.15) is 45.7 Å². The largest absolute Gasteiger partial charge is 0.368 e. The number of carbonyl (C=O) groups is 2. The quantitative estimate of drug-likeness (QED) is 0.475. The SMILES string of the molecule is O=C(CC1CCN(Cc2ccccc2)CC1)c1ccc(C(=O)N2CCN(c3ccncc3)CC2)cn1. The Morgan fingerprint density at radius 3 is 2.22 bits per heavy atom. The molecule has 2 saturated heterocycles. The zero-order valence-electron chi connectivity index (χ0n) is 20.6. The highest BCUT2D eigenvalue weighted by Crippen LogP contribution is 2.23. The van der Waals surface area contributed by atoms with Crippen LogP contribution >= 0.6 is 0 Å². The van der Waals surface area contributed by atoms with Crippen molar-refractivity contribution in [1.29, 1.82) is 0 Å². The number of pyridine rings is 2. The number of rotatable bonds is 7. The lowest BCUT2D eigenvalue weighted by atomic mass is 9.90. The Balaban J connectivity index is 1.08. The summed E-state index contributed by atoms with van der Waals surface area (Å²) in [6.45, 7) is 5.88. The molecule has 4 heterocycles. The van der Waals surface area contributed by atoms with E-state index in [9.17, 15) is 9.59 Å². The molecule has 0 unspecified atom stereocenters. The van der Waals surface area contributed by atoms with Gasteiger partial charge in [0.2, 0.25) is 0 Å². The summed E-state index contributed by atoms with van der Waals surface area (Å²) in [5, 5.41) is 0. The van der Waals surface area contributed by atoms with Gasteiger partial charge in [-0.25, -0.2) is 0 Å². The minimum Gasteiger partial charge on any atom is -0.368 e. The maximum atomic E-state index is 13.0. The number of nitrogens with zero attached hydrogens (tertiary/aromatic N) is 5. The summed E-state index contributed by atoms with van der Waals surface area (Å²) in [7, 11) is 0. The smallest absolute Gasteiger partial charge is 0.255 e. The van der Waals surface area contributed by atoms with Crippen LogP contribution in [0.3, 0.4) is 0 Å². The first-order valence-electron chi connectivity index (χ1n) is 12.9. The molecule has 0 spiro atoms. The van der Waals surface area contributed by atoms with E-state index in [4.69, 9.17) is 0 Å². The fraction of sp³-hybridized carbons (Fsp3) is 0.379. The third-order valence-corrected chi connectivity index (χ3v) is 7.32. The summed E-state index contributed by atoms with van der Waals surface area (Å²) in [6.07, 6.45) is 7.72. The number of likely N-dealkylation sites (tertiary alicyclic amines) is 1. The second kappa shape index (κ2) is 11.4. The minimum absolute atomic E-state index is 0.0262. The first-order chi connectivity index (χ1) is 17.7. The highest BCUT2D eigenvalue weighted by atomic mass is 16.2. The minimum atomic E-state index is -0.0262. The van der Waals surface area contributed by atoms with Crippen molar-refractivity contribution in [2.24, 2.45) is 5.92 Å². The number of hydrogen-bond acceptors (Lipinski definition) is 6. The number of piperidine rings is 1. The van der Waals surface area contributed by atoms with Gasteiger partial charge in [0.25, 0.3) is 5.91 Å². The van der Waals surface area contributed by atoms with Gasteiger partial charge >= 0.3 is 0 Å². The van der Waals surface area contributed by atoms with Gasteiger partial charge < -0.3 is 9.80 Å². The summed E-state index contributed by atoms with van der Waals surface area (Å²) < 4.78 is 0. The van der Waals surface area contributed by atoms with Crippen LogP contribution in [-0.2, 0) is 6.54 Å². The van der Waals surface area contributed by atoms with Crippen molar-refractivity contribution in [3.05, 3.63) is 90.0 Å². The Kier molecular flexibility index (Phi) is 7.67. The number of Topliss-reactive ketones (excluding diaryl/α,β-unsaturated/α-hetero) is 1. The summed E-state index contributed by atoms with van der Waals surface area (Å²) in [5.41, 5.74) is 3.46. The molecule has 1 amide bonds. The van der Waals surface area contributed by atoms with Crippen LogP contribution < -0.4 is 4.90 Å². The fourth-order valence-electron chi connectivity index (χ4n) is 5.15. The predicted molar refractivity (Wildman–Crippen MR) is 140 cm³/mol. The number of ketones is 1. The van der Waals surface area contributed by atoms with Crippen molar-refractivity contribution in [2.45, 2.75) is 25.8 Å². The number of anilines is 1. The van der Waals surface area contributed by atoms with Gasteiger partial charge in [0.15, 0.2) is 5.78 Å². The fourth-order valence-corrected chi connectivity index (χ4v) is 5.15. The van der Waals surface area contributed by atoms with Crippen LogP contribution in [0.25, 0.3) is 0 Å². The normalized spacial score (nSPS) is 17.2. The number of benzene rings is 1. The van der Waals surface area contributed by atoms with Gasteiger partial charge in [0, 0.05) is 63.4 Å². The van der Waals surface area contributed by atoms with Crippen molar-refractivity contribution in [3.63, 3.8) is 0 Å². The van der Waals surface area contributed by atoms with E-state index >= 15 is 0 Å². The third kappa shape index (κ3) is 5.97. The first-order valence-corrected chi connectivity index (χ1v) is 12.9. The van der Waals surface area contributed by atoms with E-state index in [1.807, 2.05) is 23.1 Å². The van der Waals surface area contributed by atoms with E-state index in [0.717, 1.165) is 51.3 Å². The number of carbonyl (C=O) groups excluding carboxylic acids is 2. The molecule has 7 heteroatoms. The zero-order valence-corrected chi connectivity index (χ0v) is 20.6. The number of hydrogen-bond donors (Lipinski definition) is 0. The van der Waals surface area contributed by atoms with Gasteiger partial charge in [0.1, 0.15) is 5.69 Å². The van der Waals surface area contributed by atoms with Crippen LogP contribution in [0.4, 0.5) is 5.69 Å². The molecule has 2 aliphatic heterocycles. The molecule has 2 aromatic heterocycles. The van der Waals surface area contributed by atoms with Crippen LogP contribution in [-0.4, -0.2) is 70.7 Å². The average Bonchev–Trinajstić information content (AvgIpc) is 2.95. The summed E-state index contributed by atoms with van der Waals surface area (Å²) in [6, 6.07) is 18.0. The molecular formula is C29H33N5O2. The molecular weight excluding hydrogens is 450 g/mol. The Labute approximate surface area is 212 Å². The molecule has 0 radical (unpaired) electrons. The van der Waals surface area contributed by atoms with Gasteiger partial charge in [-0.2, -0.15) is 0 Å². The molecule has 0 aliphatic carbocycles. The maximum absolute atomic E-state index is 13.0. The molecule has 186 valence electrons. The molecule has 3 aromatic rings. The van der Waals surface area contributed by atoms with Gasteiger partial charge in [-0.15, -0.1) is 0 Å². The van der Waals surface area contributed by atoms with Gasteiger partial charge in [-0.1, -0.05) is 30.3 Å². The zero-order chi connectivity index (χ0) is 24.7. The Bertz CT molecular complexity index is 1140. The highest BCUT2D eigenvalue weighted by molar-refractivity contribution is 5.97.